The first-order chi connectivity index (χ1) is 9.06. The van der Waals surface area contributed by atoms with Crippen LogP contribution in [0.25, 0.3) is 11.1 Å². The van der Waals surface area contributed by atoms with Crippen molar-refractivity contribution in [2.24, 2.45) is 5.92 Å². The number of aromatic hydroxyl groups is 2. The molecule has 0 saturated heterocycles. The smallest absolute Gasteiger partial charge is 0.166 e. The minimum Gasteiger partial charge on any atom is -0.508 e. The third-order valence-electron chi connectivity index (χ3n) is 3.58. The van der Waals surface area contributed by atoms with Crippen molar-refractivity contribution >= 4 is 5.78 Å². The summed E-state index contributed by atoms with van der Waals surface area (Å²) in [4.78, 5) is 12.2. The third-order valence-corrected chi connectivity index (χ3v) is 3.58. The lowest BCUT2D eigenvalue weighted by Crippen LogP contribution is -2.04. The Hall–Kier alpha value is -2.29. The molecule has 1 unspecified atom stereocenters. The Morgan fingerprint density at radius 3 is 2.47 bits per heavy atom. The Morgan fingerprint density at radius 2 is 1.79 bits per heavy atom. The second kappa shape index (κ2) is 4.12. The second-order valence-corrected chi connectivity index (χ2v) is 5.05. The first-order valence-electron chi connectivity index (χ1n) is 6.26. The van der Waals surface area contributed by atoms with Crippen LogP contribution in [0.2, 0.25) is 0 Å². The number of fused-ring (bicyclic) bond motifs is 1. The van der Waals surface area contributed by atoms with Gasteiger partial charge in [0.05, 0.1) is 0 Å². The van der Waals surface area contributed by atoms with Crippen LogP contribution in [0.15, 0.2) is 36.4 Å². The fourth-order valence-corrected chi connectivity index (χ4v) is 2.72. The van der Waals surface area contributed by atoms with Gasteiger partial charge in [0.1, 0.15) is 11.5 Å². The van der Waals surface area contributed by atoms with E-state index < -0.39 is 0 Å². The van der Waals surface area contributed by atoms with E-state index >= 15 is 0 Å². The molecule has 3 heteroatoms. The maximum Gasteiger partial charge on any atom is 0.166 e. The van der Waals surface area contributed by atoms with Gasteiger partial charge in [-0.2, -0.15) is 0 Å². The van der Waals surface area contributed by atoms with Crippen molar-refractivity contribution in [1.82, 2.24) is 0 Å². The van der Waals surface area contributed by atoms with Gasteiger partial charge in [0, 0.05) is 17.5 Å². The van der Waals surface area contributed by atoms with Crippen LogP contribution >= 0.6 is 0 Å². The summed E-state index contributed by atoms with van der Waals surface area (Å²) in [5, 5.41) is 19.2. The van der Waals surface area contributed by atoms with Gasteiger partial charge in [0.15, 0.2) is 5.78 Å². The van der Waals surface area contributed by atoms with Crippen molar-refractivity contribution in [2.45, 2.75) is 13.3 Å². The number of hydrogen-bond acceptors (Lipinski definition) is 3. The molecule has 3 nitrogen and oxygen atoms in total. The fraction of sp³-hybridized carbons (Fsp3) is 0.188. The number of Topliss-reactive ketones (excluding diaryl/α,β-unsaturated/α-hetero) is 1. The zero-order chi connectivity index (χ0) is 13.6. The molecule has 0 bridgehead atoms. The fourth-order valence-electron chi connectivity index (χ4n) is 2.72. The van der Waals surface area contributed by atoms with Crippen LogP contribution in [0.4, 0.5) is 0 Å². The van der Waals surface area contributed by atoms with E-state index in [1.807, 2.05) is 25.1 Å². The lowest BCUT2D eigenvalue weighted by Gasteiger charge is -2.09. The summed E-state index contributed by atoms with van der Waals surface area (Å²) in [5.41, 5.74) is 3.20. The number of carbonyl (C=O) groups excluding carboxylic acids is 1. The highest BCUT2D eigenvalue weighted by molar-refractivity contribution is 6.07. The van der Waals surface area contributed by atoms with Crippen LogP contribution in [0.1, 0.15) is 22.8 Å². The summed E-state index contributed by atoms with van der Waals surface area (Å²) in [7, 11) is 0. The van der Waals surface area contributed by atoms with Crippen LogP contribution < -0.4 is 0 Å². The topological polar surface area (TPSA) is 57.5 Å². The monoisotopic (exact) mass is 254 g/mol. The maximum absolute atomic E-state index is 12.2. The molecule has 0 aromatic heterocycles. The first-order valence-corrected chi connectivity index (χ1v) is 6.26. The predicted molar refractivity (Wildman–Crippen MR) is 72.4 cm³/mol. The van der Waals surface area contributed by atoms with Gasteiger partial charge >= 0.3 is 0 Å². The van der Waals surface area contributed by atoms with E-state index in [0.717, 1.165) is 23.1 Å². The number of rotatable bonds is 1. The van der Waals surface area contributed by atoms with Crippen LogP contribution in [-0.4, -0.2) is 16.0 Å². The third kappa shape index (κ3) is 1.87. The Labute approximate surface area is 111 Å². The number of carbonyl (C=O) groups is 1. The average Bonchev–Trinajstić information content (AvgIpc) is 2.64. The van der Waals surface area contributed by atoms with Crippen molar-refractivity contribution in [3.8, 4) is 22.6 Å². The normalized spacial score (nSPS) is 17.5. The highest BCUT2D eigenvalue weighted by Crippen LogP contribution is 2.37. The molecule has 0 aliphatic heterocycles. The van der Waals surface area contributed by atoms with Gasteiger partial charge in [-0.25, -0.2) is 0 Å². The van der Waals surface area contributed by atoms with Crippen LogP contribution in [0, 0.1) is 5.92 Å². The quantitative estimate of drug-likeness (QED) is 0.822. The molecule has 1 aliphatic rings. The number of benzene rings is 2. The minimum absolute atomic E-state index is 0.00190. The van der Waals surface area contributed by atoms with Gasteiger partial charge < -0.3 is 10.2 Å². The van der Waals surface area contributed by atoms with Gasteiger partial charge in [0.25, 0.3) is 0 Å². The Morgan fingerprint density at radius 1 is 1.11 bits per heavy atom. The highest BCUT2D eigenvalue weighted by Gasteiger charge is 2.29. The molecular formula is C16H14O3. The highest BCUT2D eigenvalue weighted by atomic mass is 16.3. The van der Waals surface area contributed by atoms with Crippen molar-refractivity contribution in [2.75, 3.05) is 0 Å². The van der Waals surface area contributed by atoms with Crippen molar-refractivity contribution < 1.29 is 15.0 Å². The molecule has 96 valence electrons. The molecule has 1 aliphatic carbocycles. The molecular weight excluding hydrogens is 240 g/mol. The average molecular weight is 254 g/mol. The van der Waals surface area contributed by atoms with E-state index in [-0.39, 0.29) is 23.2 Å². The Kier molecular flexibility index (Phi) is 2.56. The SMILES string of the molecule is CC1Cc2cccc(-c3cc(O)cc(O)c3)c2C1=O. The van der Waals surface area contributed by atoms with Crippen LogP contribution in [-0.2, 0) is 6.42 Å². The molecule has 0 saturated carbocycles. The zero-order valence-electron chi connectivity index (χ0n) is 10.6. The molecule has 1 atom stereocenters. The lowest BCUT2D eigenvalue weighted by molar-refractivity contribution is 0.0947. The number of hydrogen-bond donors (Lipinski definition) is 2. The van der Waals surface area contributed by atoms with Crippen LogP contribution in [0.5, 0.6) is 11.5 Å². The standard InChI is InChI=1S/C16H14O3/c1-9-5-10-3-2-4-14(15(10)16(9)19)11-6-12(17)8-13(18)7-11/h2-4,6-9,17-18H,5H2,1H3. The van der Waals surface area contributed by atoms with E-state index in [2.05, 4.69) is 0 Å². The molecule has 0 heterocycles. The van der Waals surface area contributed by atoms with Crippen LogP contribution in [0.3, 0.4) is 0 Å². The van der Waals surface area contributed by atoms with Gasteiger partial charge in [-0.05, 0) is 35.2 Å². The number of phenols is 2. The summed E-state index contributed by atoms with van der Waals surface area (Å²) in [5.74, 6) is 0.118. The molecule has 0 radical (unpaired) electrons. The van der Waals surface area contributed by atoms with E-state index in [0.29, 0.717) is 5.56 Å². The van der Waals surface area contributed by atoms with Gasteiger partial charge in [-0.1, -0.05) is 25.1 Å². The predicted octanol–water partition coefficient (Wildman–Crippen LogP) is 3.14. The minimum atomic E-state index is -0.00824. The molecule has 2 aromatic carbocycles. The zero-order valence-corrected chi connectivity index (χ0v) is 10.6. The number of ketones is 1. The number of phenolic OH excluding ortho intramolecular Hbond substituents is 2. The second-order valence-electron chi connectivity index (χ2n) is 5.05. The van der Waals surface area contributed by atoms with Gasteiger partial charge in [-0.15, -0.1) is 0 Å². The largest absolute Gasteiger partial charge is 0.508 e. The molecule has 2 aromatic rings. The summed E-state index contributed by atoms with van der Waals surface area (Å²) in [6, 6.07) is 10.1. The van der Waals surface area contributed by atoms with E-state index in [9.17, 15) is 15.0 Å². The van der Waals surface area contributed by atoms with Crippen molar-refractivity contribution in [3.05, 3.63) is 47.5 Å². The maximum atomic E-state index is 12.2. The summed E-state index contributed by atoms with van der Waals surface area (Å²) in [6.45, 7) is 1.92. The Bertz CT molecular complexity index is 653. The van der Waals surface area contributed by atoms with Crippen molar-refractivity contribution in [3.63, 3.8) is 0 Å². The lowest BCUT2D eigenvalue weighted by atomic mass is 9.96. The van der Waals surface area contributed by atoms with Gasteiger partial charge in [-0.3, -0.25) is 4.79 Å². The first kappa shape index (κ1) is 11.8. The summed E-state index contributed by atoms with van der Waals surface area (Å²) < 4.78 is 0. The Balaban J connectivity index is 2.23. The molecule has 3 rings (SSSR count). The molecule has 0 fully saturated rings. The molecule has 0 spiro atoms. The van der Waals surface area contributed by atoms with Gasteiger partial charge in [0.2, 0.25) is 0 Å². The van der Waals surface area contributed by atoms with E-state index in [1.54, 1.807) is 12.1 Å². The molecule has 19 heavy (non-hydrogen) atoms. The van der Waals surface area contributed by atoms with E-state index in [1.165, 1.54) is 6.07 Å². The van der Waals surface area contributed by atoms with E-state index in [4.69, 9.17) is 0 Å². The van der Waals surface area contributed by atoms with Crippen molar-refractivity contribution in [1.29, 1.82) is 0 Å². The summed E-state index contributed by atoms with van der Waals surface area (Å²) in [6.07, 6.45) is 0.757. The summed E-state index contributed by atoms with van der Waals surface area (Å²) >= 11 is 0. The molecule has 2 N–H and O–H groups in total. The molecule has 0 amide bonds.